The van der Waals surface area contributed by atoms with E-state index in [-0.39, 0.29) is 75.5 Å². The Kier molecular flexibility index (Phi) is 15.3. The molecule has 0 fully saturated rings. The number of nitrogens with zero attached hydrogens (tertiary/aromatic N) is 3. The van der Waals surface area contributed by atoms with Crippen molar-refractivity contribution in [2.75, 3.05) is 29.0 Å². The minimum atomic E-state index is -4.67. The summed E-state index contributed by atoms with van der Waals surface area (Å²) in [6.07, 6.45) is 3.08. The molecular formula is C22H24N6Na2O6S2. The molecule has 2 aromatic carbocycles. The van der Waals surface area contributed by atoms with Crippen molar-refractivity contribution in [2.24, 2.45) is 0 Å². The van der Waals surface area contributed by atoms with Gasteiger partial charge in [-0.3, -0.25) is 5.04 Å². The van der Waals surface area contributed by atoms with Crippen molar-refractivity contribution in [3.8, 4) is 0 Å². The van der Waals surface area contributed by atoms with Gasteiger partial charge in [0.2, 0.25) is 17.8 Å². The Hall–Kier alpha value is -1.27. The maximum Gasteiger partial charge on any atom is 1.00 e. The fraction of sp³-hybridized carbons (Fsp3) is 0.227. The van der Waals surface area contributed by atoms with E-state index in [1.54, 1.807) is 43.3 Å². The van der Waals surface area contributed by atoms with E-state index in [4.69, 9.17) is 0 Å². The number of hydrogen-bond donors (Lipinski definition) is 3. The zero-order chi connectivity index (χ0) is 26.1. The van der Waals surface area contributed by atoms with Crippen LogP contribution in [-0.2, 0) is 19.5 Å². The SMILES string of the molecule is CCNc1nc(NCC)nc(Nc2ccc(/C=C/c3ccc(C)cc3S(=O)(=O)[O-])c(SOO[O-])c2)n1.[Na+].[Na+]. The van der Waals surface area contributed by atoms with Crippen molar-refractivity contribution in [2.45, 2.75) is 30.6 Å². The Morgan fingerprint density at radius 2 is 1.50 bits per heavy atom. The van der Waals surface area contributed by atoms with Crippen LogP contribution < -0.4 is 80.3 Å². The fourth-order valence-corrected chi connectivity index (χ4v) is 4.35. The van der Waals surface area contributed by atoms with Gasteiger partial charge in [-0.25, -0.2) is 8.42 Å². The van der Waals surface area contributed by atoms with Crippen LogP contribution >= 0.6 is 12.0 Å². The van der Waals surface area contributed by atoms with Gasteiger partial charge in [0.1, 0.15) is 10.1 Å². The molecule has 3 aromatic rings. The van der Waals surface area contributed by atoms with Crippen molar-refractivity contribution >= 4 is 57.8 Å². The third kappa shape index (κ3) is 10.4. The zero-order valence-electron chi connectivity index (χ0n) is 21.6. The smallest absolute Gasteiger partial charge is 0.744 e. The van der Waals surface area contributed by atoms with Crippen LogP contribution in [0.4, 0.5) is 23.5 Å². The third-order valence-electron chi connectivity index (χ3n) is 4.61. The van der Waals surface area contributed by atoms with Crippen LogP contribution in [0.2, 0.25) is 0 Å². The molecular weight excluding hydrogens is 554 g/mol. The topological polar surface area (TPSA) is 173 Å². The first-order valence-electron chi connectivity index (χ1n) is 10.8. The number of benzene rings is 2. The molecule has 0 bridgehead atoms. The molecule has 0 saturated heterocycles. The molecule has 3 N–H and O–H groups in total. The first kappa shape index (κ1) is 34.8. The van der Waals surface area contributed by atoms with Crippen LogP contribution in [0.1, 0.15) is 30.5 Å². The maximum atomic E-state index is 11.7. The standard InChI is InChI=1S/C22H26N6O6S2.2Na/c1-4-23-20-26-21(24-5-2)28-22(27-20)25-17-11-10-15(18(13-17)35-34-33-29)8-9-16-7-6-14(3)12-19(16)36(30,31)32;;/h6-13,29H,4-5H2,1-3H3,(H,30,31,32)(H3,23,24,25,26,27,28);;/q;2*+1/p-2/b9-8+;;. The van der Waals surface area contributed by atoms with Gasteiger partial charge in [0, 0.05) is 23.7 Å². The Balaban J connectivity index is 0.00000361. The summed E-state index contributed by atoms with van der Waals surface area (Å²) in [5.41, 5.74) is 2.00. The van der Waals surface area contributed by atoms with E-state index in [0.29, 0.717) is 58.7 Å². The second-order valence-electron chi connectivity index (χ2n) is 7.29. The van der Waals surface area contributed by atoms with Gasteiger partial charge in [0.05, 0.1) is 16.9 Å². The fourth-order valence-electron chi connectivity index (χ4n) is 3.08. The first-order valence-corrected chi connectivity index (χ1v) is 12.9. The average molecular weight is 579 g/mol. The summed E-state index contributed by atoms with van der Waals surface area (Å²) in [7, 11) is -4.67. The molecule has 12 nitrogen and oxygen atoms in total. The average Bonchev–Trinajstić information content (AvgIpc) is 2.82. The van der Waals surface area contributed by atoms with Crippen LogP contribution in [0.5, 0.6) is 0 Å². The summed E-state index contributed by atoms with van der Waals surface area (Å²) < 4.78 is 39.5. The minimum Gasteiger partial charge on any atom is -0.744 e. The molecule has 0 aliphatic rings. The molecule has 0 aliphatic carbocycles. The maximum absolute atomic E-state index is 11.7. The summed E-state index contributed by atoms with van der Waals surface area (Å²) in [6, 6.07) is 9.65. The van der Waals surface area contributed by atoms with Gasteiger partial charge in [-0.05, 0) is 55.7 Å². The molecule has 0 atom stereocenters. The first-order chi connectivity index (χ1) is 17.2. The van der Waals surface area contributed by atoms with E-state index in [9.17, 15) is 18.2 Å². The zero-order valence-corrected chi connectivity index (χ0v) is 27.3. The van der Waals surface area contributed by atoms with Crippen LogP contribution in [0.3, 0.4) is 0 Å². The number of aryl methyl sites for hydroxylation is 1. The normalized spacial score (nSPS) is 11.0. The number of aromatic nitrogens is 3. The minimum absolute atomic E-state index is 0. The molecule has 0 saturated carbocycles. The molecule has 1 heterocycles. The molecule has 0 amide bonds. The summed E-state index contributed by atoms with van der Waals surface area (Å²) >= 11 is 0.658. The summed E-state index contributed by atoms with van der Waals surface area (Å²) in [5.74, 6) is 1.07. The summed E-state index contributed by atoms with van der Waals surface area (Å²) in [6.45, 7) is 6.78. The van der Waals surface area contributed by atoms with Gasteiger partial charge >= 0.3 is 59.1 Å². The summed E-state index contributed by atoms with van der Waals surface area (Å²) in [5, 5.41) is 23.1. The molecule has 0 unspecified atom stereocenters. The van der Waals surface area contributed by atoms with E-state index in [1.807, 2.05) is 13.8 Å². The van der Waals surface area contributed by atoms with Gasteiger partial charge < -0.3 is 25.8 Å². The van der Waals surface area contributed by atoms with Crippen molar-refractivity contribution in [1.29, 1.82) is 0 Å². The quantitative estimate of drug-likeness (QED) is 0.0499. The van der Waals surface area contributed by atoms with Crippen molar-refractivity contribution < 1.29 is 86.7 Å². The second kappa shape index (κ2) is 16.7. The van der Waals surface area contributed by atoms with Crippen molar-refractivity contribution in [1.82, 2.24) is 15.0 Å². The predicted octanol–water partition coefficient (Wildman–Crippen LogP) is -2.90. The van der Waals surface area contributed by atoms with E-state index in [2.05, 4.69) is 40.3 Å². The van der Waals surface area contributed by atoms with Gasteiger partial charge in [-0.2, -0.15) is 19.3 Å². The van der Waals surface area contributed by atoms with Crippen LogP contribution in [0.15, 0.2) is 46.2 Å². The molecule has 0 spiro atoms. The van der Waals surface area contributed by atoms with Crippen molar-refractivity contribution in [3.05, 3.63) is 53.1 Å². The Labute approximate surface area is 269 Å². The Morgan fingerprint density at radius 1 is 0.921 bits per heavy atom. The number of nitrogens with one attached hydrogen (secondary N) is 3. The molecule has 1 aromatic heterocycles. The summed E-state index contributed by atoms with van der Waals surface area (Å²) in [4.78, 5) is 13.1. The van der Waals surface area contributed by atoms with E-state index >= 15 is 0 Å². The molecule has 0 radical (unpaired) electrons. The van der Waals surface area contributed by atoms with Gasteiger partial charge in [-0.1, -0.05) is 30.4 Å². The van der Waals surface area contributed by atoms with Gasteiger partial charge in [0.15, 0.2) is 0 Å². The number of anilines is 4. The van der Waals surface area contributed by atoms with Crippen LogP contribution in [0.25, 0.3) is 12.2 Å². The van der Waals surface area contributed by atoms with Crippen molar-refractivity contribution in [3.63, 3.8) is 0 Å². The Bertz CT molecular complexity index is 1320. The largest absolute Gasteiger partial charge is 1.00 e. The second-order valence-corrected chi connectivity index (χ2v) is 9.38. The van der Waals surface area contributed by atoms with E-state index in [0.717, 1.165) is 0 Å². The van der Waals surface area contributed by atoms with Crippen LogP contribution in [-0.4, -0.2) is 41.0 Å². The Morgan fingerprint density at radius 3 is 2.08 bits per heavy atom. The molecule has 0 aliphatic heterocycles. The van der Waals surface area contributed by atoms with Gasteiger partial charge in [-0.15, -0.1) is 0 Å². The molecule has 3 rings (SSSR count). The van der Waals surface area contributed by atoms with Crippen LogP contribution in [0, 0.1) is 6.92 Å². The molecule has 38 heavy (non-hydrogen) atoms. The predicted molar refractivity (Wildman–Crippen MR) is 134 cm³/mol. The monoisotopic (exact) mass is 578 g/mol. The molecule has 16 heteroatoms. The molecule has 192 valence electrons. The van der Waals surface area contributed by atoms with Gasteiger partial charge in [0.25, 0.3) is 0 Å². The number of hydrogen-bond acceptors (Lipinski definition) is 13. The third-order valence-corrected chi connectivity index (χ3v) is 6.16. The van der Waals surface area contributed by atoms with E-state index in [1.165, 1.54) is 12.1 Å². The number of rotatable bonds is 12. The van der Waals surface area contributed by atoms with E-state index < -0.39 is 10.1 Å².